The molecular formula is C12H13NO3. The number of rotatable bonds is 4. The lowest BCUT2D eigenvalue weighted by Gasteiger charge is -2.00. The lowest BCUT2D eigenvalue weighted by atomic mass is 10.1. The third kappa shape index (κ3) is 3.57. The Balaban J connectivity index is 2.70. The Morgan fingerprint density at radius 3 is 2.50 bits per heavy atom. The Kier molecular flexibility index (Phi) is 4.27. The molecule has 84 valence electrons. The van der Waals surface area contributed by atoms with Crippen LogP contribution < -0.4 is 5.73 Å². The van der Waals surface area contributed by atoms with Crippen LogP contribution in [0.4, 0.5) is 0 Å². The summed E-state index contributed by atoms with van der Waals surface area (Å²) < 4.78 is 4.38. The van der Waals surface area contributed by atoms with Crippen LogP contribution >= 0.6 is 0 Å². The van der Waals surface area contributed by atoms with Gasteiger partial charge in [0, 0.05) is 11.8 Å². The van der Waals surface area contributed by atoms with Crippen LogP contribution in [-0.4, -0.2) is 18.9 Å². The molecule has 0 aliphatic rings. The highest BCUT2D eigenvalue weighted by molar-refractivity contribution is 6.05. The molecule has 0 fully saturated rings. The first-order valence-corrected chi connectivity index (χ1v) is 4.75. The van der Waals surface area contributed by atoms with Gasteiger partial charge in [0.05, 0.1) is 7.11 Å². The largest absolute Gasteiger partial charge is 0.469 e. The number of esters is 1. The number of methoxy groups -OCH3 is 1. The topological polar surface area (TPSA) is 69.4 Å². The van der Waals surface area contributed by atoms with E-state index in [0.717, 1.165) is 5.56 Å². The van der Waals surface area contributed by atoms with Gasteiger partial charge in [-0.3, -0.25) is 9.59 Å². The number of allylic oxidation sites excluding steroid dienone is 1. The highest BCUT2D eigenvalue weighted by Crippen LogP contribution is 2.08. The molecule has 4 heteroatoms. The van der Waals surface area contributed by atoms with Gasteiger partial charge in [-0.2, -0.15) is 0 Å². The Morgan fingerprint density at radius 2 is 1.94 bits per heavy atom. The van der Waals surface area contributed by atoms with Crippen molar-refractivity contribution >= 4 is 17.4 Å². The van der Waals surface area contributed by atoms with E-state index in [4.69, 9.17) is 5.73 Å². The van der Waals surface area contributed by atoms with Gasteiger partial charge in [0.25, 0.3) is 0 Å². The number of carbonyl (C=O) groups is 2. The summed E-state index contributed by atoms with van der Waals surface area (Å²) in [4.78, 5) is 22.2. The minimum atomic E-state index is -0.567. The maximum atomic E-state index is 11.3. The molecular weight excluding hydrogens is 206 g/mol. The van der Waals surface area contributed by atoms with Crippen LogP contribution in [0.1, 0.15) is 12.0 Å². The molecule has 1 aromatic rings. The molecule has 0 aliphatic carbocycles. The van der Waals surface area contributed by atoms with Gasteiger partial charge in [0.2, 0.25) is 0 Å². The molecule has 1 rings (SSSR count). The van der Waals surface area contributed by atoms with E-state index >= 15 is 0 Å². The average molecular weight is 219 g/mol. The Hall–Kier alpha value is -2.10. The predicted molar refractivity (Wildman–Crippen MR) is 60.2 cm³/mol. The first-order chi connectivity index (χ1) is 7.63. The number of ketones is 1. The second kappa shape index (κ2) is 5.70. The molecule has 0 aliphatic heterocycles. The molecule has 0 saturated carbocycles. The monoisotopic (exact) mass is 219 g/mol. The smallest absolute Gasteiger partial charge is 0.313 e. The summed E-state index contributed by atoms with van der Waals surface area (Å²) in [5, 5.41) is 0. The van der Waals surface area contributed by atoms with E-state index in [2.05, 4.69) is 4.74 Å². The van der Waals surface area contributed by atoms with Crippen LogP contribution in [0.25, 0.3) is 5.70 Å². The van der Waals surface area contributed by atoms with E-state index in [0.29, 0.717) is 5.70 Å². The molecule has 0 amide bonds. The van der Waals surface area contributed by atoms with Gasteiger partial charge in [-0.25, -0.2) is 0 Å². The van der Waals surface area contributed by atoms with Crippen LogP contribution in [0.3, 0.4) is 0 Å². The van der Waals surface area contributed by atoms with E-state index in [1.165, 1.54) is 13.2 Å². The Morgan fingerprint density at radius 1 is 1.31 bits per heavy atom. The summed E-state index contributed by atoms with van der Waals surface area (Å²) in [6.45, 7) is 0. The fraction of sp³-hybridized carbons (Fsp3) is 0.167. The number of benzene rings is 1. The fourth-order valence-electron chi connectivity index (χ4n) is 1.15. The molecule has 0 heterocycles. The number of ether oxygens (including phenoxy) is 1. The highest BCUT2D eigenvalue weighted by atomic mass is 16.5. The average Bonchev–Trinajstić information content (AvgIpc) is 2.29. The van der Waals surface area contributed by atoms with Crippen molar-refractivity contribution in [3.05, 3.63) is 42.0 Å². The molecule has 0 unspecified atom stereocenters. The van der Waals surface area contributed by atoms with E-state index in [1.807, 2.05) is 18.2 Å². The van der Waals surface area contributed by atoms with E-state index < -0.39 is 5.97 Å². The summed E-state index contributed by atoms with van der Waals surface area (Å²) in [5.74, 6) is -0.935. The van der Waals surface area contributed by atoms with Crippen LogP contribution in [0, 0.1) is 0 Å². The normalized spacial score (nSPS) is 10.9. The van der Waals surface area contributed by atoms with Crippen molar-refractivity contribution in [3.8, 4) is 0 Å². The van der Waals surface area contributed by atoms with Crippen molar-refractivity contribution in [2.24, 2.45) is 5.73 Å². The minimum Gasteiger partial charge on any atom is -0.469 e. The van der Waals surface area contributed by atoms with E-state index in [-0.39, 0.29) is 12.2 Å². The van der Waals surface area contributed by atoms with Gasteiger partial charge >= 0.3 is 5.97 Å². The van der Waals surface area contributed by atoms with Gasteiger partial charge in [-0.05, 0) is 5.56 Å². The van der Waals surface area contributed by atoms with Crippen molar-refractivity contribution in [1.82, 2.24) is 0 Å². The SMILES string of the molecule is COC(=O)CC(=O)C=C(N)c1ccccc1. The second-order valence-corrected chi connectivity index (χ2v) is 3.18. The zero-order valence-electron chi connectivity index (χ0n) is 8.97. The van der Waals surface area contributed by atoms with Gasteiger partial charge in [0.15, 0.2) is 5.78 Å². The molecule has 0 radical (unpaired) electrons. The highest BCUT2D eigenvalue weighted by Gasteiger charge is 2.07. The zero-order valence-corrected chi connectivity index (χ0v) is 8.97. The molecule has 0 spiro atoms. The van der Waals surface area contributed by atoms with E-state index in [9.17, 15) is 9.59 Å². The molecule has 0 bridgehead atoms. The number of nitrogens with two attached hydrogens (primary N) is 1. The Labute approximate surface area is 93.7 Å². The van der Waals surface area contributed by atoms with Crippen LogP contribution in [0.5, 0.6) is 0 Å². The maximum Gasteiger partial charge on any atom is 0.313 e. The second-order valence-electron chi connectivity index (χ2n) is 3.18. The van der Waals surface area contributed by atoms with Crippen LogP contribution in [-0.2, 0) is 14.3 Å². The minimum absolute atomic E-state index is 0.288. The van der Waals surface area contributed by atoms with E-state index in [1.54, 1.807) is 12.1 Å². The standard InChI is InChI=1S/C12H13NO3/c1-16-12(15)8-10(14)7-11(13)9-5-3-2-4-6-9/h2-7H,8,13H2,1H3. The van der Waals surface area contributed by atoms with Gasteiger partial charge in [-0.15, -0.1) is 0 Å². The molecule has 1 aromatic carbocycles. The Bertz CT molecular complexity index is 410. The predicted octanol–water partition coefficient (Wildman–Crippen LogP) is 1.12. The van der Waals surface area contributed by atoms with Crippen molar-refractivity contribution in [2.75, 3.05) is 7.11 Å². The summed E-state index contributed by atoms with van der Waals surface area (Å²) >= 11 is 0. The van der Waals surface area contributed by atoms with Crippen molar-refractivity contribution in [2.45, 2.75) is 6.42 Å². The molecule has 4 nitrogen and oxygen atoms in total. The fourth-order valence-corrected chi connectivity index (χ4v) is 1.15. The molecule has 16 heavy (non-hydrogen) atoms. The van der Waals surface area contributed by atoms with Crippen LogP contribution in [0.2, 0.25) is 0 Å². The third-order valence-electron chi connectivity index (χ3n) is 1.97. The zero-order chi connectivity index (χ0) is 12.0. The number of hydrogen-bond donors (Lipinski definition) is 1. The van der Waals surface area contributed by atoms with Crippen molar-refractivity contribution < 1.29 is 14.3 Å². The quantitative estimate of drug-likeness (QED) is 0.468. The third-order valence-corrected chi connectivity index (χ3v) is 1.97. The molecule has 0 atom stereocenters. The van der Waals surface area contributed by atoms with Gasteiger partial charge in [-0.1, -0.05) is 30.3 Å². The first kappa shape index (κ1) is 12.0. The summed E-state index contributed by atoms with van der Waals surface area (Å²) in [5.41, 5.74) is 6.79. The lowest BCUT2D eigenvalue weighted by molar-refractivity contribution is -0.142. The van der Waals surface area contributed by atoms with Crippen LogP contribution in [0.15, 0.2) is 36.4 Å². The number of hydrogen-bond acceptors (Lipinski definition) is 4. The summed E-state index contributed by atoms with van der Waals surface area (Å²) in [7, 11) is 1.24. The van der Waals surface area contributed by atoms with Gasteiger partial charge in [0.1, 0.15) is 6.42 Å². The molecule has 0 saturated heterocycles. The summed E-state index contributed by atoms with van der Waals surface area (Å²) in [6.07, 6.45) is 0.955. The molecule has 2 N–H and O–H groups in total. The maximum absolute atomic E-state index is 11.3. The first-order valence-electron chi connectivity index (χ1n) is 4.75. The lowest BCUT2D eigenvalue weighted by Crippen LogP contribution is -2.09. The number of carbonyl (C=O) groups excluding carboxylic acids is 2. The van der Waals surface area contributed by atoms with Gasteiger partial charge < -0.3 is 10.5 Å². The van der Waals surface area contributed by atoms with Crippen molar-refractivity contribution in [1.29, 1.82) is 0 Å². The van der Waals surface area contributed by atoms with Crippen molar-refractivity contribution in [3.63, 3.8) is 0 Å². The molecule has 0 aromatic heterocycles. The summed E-state index contributed by atoms with van der Waals surface area (Å²) in [6, 6.07) is 9.07.